The Hall–Kier alpha value is -2.43. The molecule has 124 valence electrons. The molecule has 0 saturated carbocycles. The van der Waals surface area contributed by atoms with Gasteiger partial charge in [0.05, 0.1) is 11.4 Å². The van der Waals surface area contributed by atoms with Gasteiger partial charge in [-0.25, -0.2) is 4.68 Å². The Morgan fingerprint density at radius 3 is 2.33 bits per heavy atom. The van der Waals surface area contributed by atoms with E-state index in [-0.39, 0.29) is 12.6 Å². The van der Waals surface area contributed by atoms with E-state index >= 15 is 0 Å². The fourth-order valence-electron chi connectivity index (χ4n) is 2.98. The lowest BCUT2D eigenvalue weighted by Crippen LogP contribution is -2.25. The monoisotopic (exact) mass is 321 g/mol. The van der Waals surface area contributed by atoms with Crippen LogP contribution in [0.4, 0.5) is 0 Å². The van der Waals surface area contributed by atoms with Gasteiger partial charge in [0.15, 0.2) is 0 Å². The number of aromatic nitrogens is 2. The van der Waals surface area contributed by atoms with Crippen molar-refractivity contribution in [1.29, 1.82) is 0 Å². The summed E-state index contributed by atoms with van der Waals surface area (Å²) >= 11 is 0. The van der Waals surface area contributed by atoms with Gasteiger partial charge in [0.25, 0.3) is 0 Å². The molecule has 0 aliphatic heterocycles. The molecule has 0 fully saturated rings. The zero-order valence-corrected chi connectivity index (χ0v) is 13.9. The third-order valence-electron chi connectivity index (χ3n) is 4.20. The molecule has 4 nitrogen and oxygen atoms in total. The molecule has 0 spiro atoms. The van der Waals surface area contributed by atoms with Crippen molar-refractivity contribution in [2.24, 2.45) is 0 Å². The summed E-state index contributed by atoms with van der Waals surface area (Å²) in [5.41, 5.74) is 3.29. The van der Waals surface area contributed by atoms with E-state index in [0.29, 0.717) is 6.42 Å². The van der Waals surface area contributed by atoms with Gasteiger partial charge in [-0.1, -0.05) is 48.5 Å². The number of rotatable bonds is 7. The van der Waals surface area contributed by atoms with Crippen LogP contribution in [-0.4, -0.2) is 33.4 Å². The molecule has 24 heavy (non-hydrogen) atoms. The molecule has 1 heterocycles. The molecule has 0 radical (unpaired) electrons. The number of hydrogen-bond donors (Lipinski definition) is 1. The van der Waals surface area contributed by atoms with Gasteiger partial charge in [-0.05, 0) is 37.2 Å². The average molecular weight is 321 g/mol. The maximum absolute atomic E-state index is 9.42. The molecule has 1 aromatic heterocycles. The molecule has 0 aliphatic carbocycles. The lowest BCUT2D eigenvalue weighted by molar-refractivity contribution is 0.178. The van der Waals surface area contributed by atoms with Crippen molar-refractivity contribution >= 4 is 0 Å². The van der Waals surface area contributed by atoms with E-state index in [1.807, 2.05) is 65.5 Å². The number of hydrogen-bond acceptors (Lipinski definition) is 3. The molecule has 2 aromatic carbocycles. The van der Waals surface area contributed by atoms with Gasteiger partial charge in [-0.3, -0.25) is 4.90 Å². The molecule has 0 amide bonds. The van der Waals surface area contributed by atoms with Crippen LogP contribution in [-0.2, 0) is 6.54 Å². The second-order valence-corrected chi connectivity index (χ2v) is 5.94. The molecular formula is C20H23N3O. The zero-order valence-electron chi connectivity index (χ0n) is 13.9. The number of aliphatic hydroxyl groups excluding tert-OH is 1. The summed E-state index contributed by atoms with van der Waals surface area (Å²) in [6.07, 6.45) is 2.70. The van der Waals surface area contributed by atoms with Crippen molar-refractivity contribution in [3.63, 3.8) is 0 Å². The molecular weight excluding hydrogens is 298 g/mol. The Kier molecular flexibility index (Phi) is 5.41. The van der Waals surface area contributed by atoms with Gasteiger partial charge in [-0.15, -0.1) is 0 Å². The van der Waals surface area contributed by atoms with E-state index in [9.17, 15) is 5.11 Å². The Morgan fingerprint density at radius 2 is 1.67 bits per heavy atom. The predicted molar refractivity (Wildman–Crippen MR) is 95.9 cm³/mol. The lowest BCUT2D eigenvalue weighted by atomic mass is 10.0. The van der Waals surface area contributed by atoms with E-state index < -0.39 is 0 Å². The van der Waals surface area contributed by atoms with Gasteiger partial charge in [-0.2, -0.15) is 5.10 Å². The summed E-state index contributed by atoms with van der Waals surface area (Å²) in [5.74, 6) is 0. The number of aliphatic hydroxyl groups is 1. The standard InChI is InChI=1S/C20H23N3O/c1-22(20(13-15-24)17-8-4-2-5-9-17)16-18-12-14-23(21-18)19-10-6-3-7-11-19/h2-12,14,20,24H,13,15-16H2,1H3. The highest BCUT2D eigenvalue weighted by Crippen LogP contribution is 2.24. The summed E-state index contributed by atoms with van der Waals surface area (Å²) < 4.78 is 1.90. The zero-order chi connectivity index (χ0) is 16.8. The van der Waals surface area contributed by atoms with Crippen LogP contribution >= 0.6 is 0 Å². The van der Waals surface area contributed by atoms with Gasteiger partial charge in [0.1, 0.15) is 0 Å². The first-order valence-corrected chi connectivity index (χ1v) is 8.24. The summed E-state index contributed by atoms with van der Waals surface area (Å²) in [7, 11) is 2.08. The number of para-hydroxylation sites is 1. The number of nitrogens with zero attached hydrogens (tertiary/aromatic N) is 3. The predicted octanol–water partition coefficient (Wildman–Crippen LogP) is 3.43. The van der Waals surface area contributed by atoms with Crippen LogP contribution in [0, 0.1) is 0 Å². The molecule has 0 saturated heterocycles. The van der Waals surface area contributed by atoms with Gasteiger partial charge in [0, 0.05) is 25.4 Å². The van der Waals surface area contributed by atoms with Crippen LogP contribution < -0.4 is 0 Å². The van der Waals surface area contributed by atoms with Gasteiger partial charge < -0.3 is 5.11 Å². The Bertz CT molecular complexity index is 740. The van der Waals surface area contributed by atoms with E-state index in [1.165, 1.54) is 5.56 Å². The Balaban J connectivity index is 1.73. The fourth-order valence-corrected chi connectivity index (χ4v) is 2.98. The molecule has 3 rings (SSSR count). The fraction of sp³-hybridized carbons (Fsp3) is 0.250. The lowest BCUT2D eigenvalue weighted by Gasteiger charge is -2.27. The van der Waals surface area contributed by atoms with E-state index in [2.05, 4.69) is 29.2 Å². The minimum atomic E-state index is 0.169. The third kappa shape index (κ3) is 3.91. The highest BCUT2D eigenvalue weighted by atomic mass is 16.3. The van der Waals surface area contributed by atoms with Crippen LogP contribution in [0.2, 0.25) is 0 Å². The van der Waals surface area contributed by atoms with E-state index in [4.69, 9.17) is 0 Å². The van der Waals surface area contributed by atoms with E-state index in [1.54, 1.807) is 0 Å². The number of benzene rings is 2. The largest absolute Gasteiger partial charge is 0.396 e. The minimum absolute atomic E-state index is 0.169. The highest BCUT2D eigenvalue weighted by molar-refractivity contribution is 5.30. The minimum Gasteiger partial charge on any atom is -0.396 e. The molecule has 1 atom stereocenters. The van der Waals surface area contributed by atoms with Crippen molar-refractivity contribution in [3.8, 4) is 5.69 Å². The topological polar surface area (TPSA) is 41.3 Å². The second-order valence-electron chi connectivity index (χ2n) is 5.94. The Labute approximate surface area is 143 Å². The molecule has 0 bridgehead atoms. The molecule has 1 N–H and O–H groups in total. The first-order chi connectivity index (χ1) is 11.8. The molecule has 1 unspecified atom stereocenters. The summed E-state index contributed by atoms with van der Waals surface area (Å²) in [6, 6.07) is 22.6. The van der Waals surface area contributed by atoms with Crippen LogP contribution in [0.1, 0.15) is 23.7 Å². The molecule has 4 heteroatoms. The normalized spacial score (nSPS) is 12.5. The average Bonchev–Trinajstić information content (AvgIpc) is 3.09. The summed E-state index contributed by atoms with van der Waals surface area (Å²) in [5, 5.41) is 14.1. The van der Waals surface area contributed by atoms with Crippen molar-refractivity contribution in [2.45, 2.75) is 19.0 Å². The van der Waals surface area contributed by atoms with Gasteiger partial charge in [0.2, 0.25) is 0 Å². The van der Waals surface area contributed by atoms with E-state index in [0.717, 1.165) is 17.9 Å². The second kappa shape index (κ2) is 7.90. The third-order valence-corrected chi connectivity index (χ3v) is 4.20. The van der Waals surface area contributed by atoms with Crippen LogP contribution in [0.3, 0.4) is 0 Å². The van der Waals surface area contributed by atoms with Crippen molar-refractivity contribution in [2.75, 3.05) is 13.7 Å². The van der Waals surface area contributed by atoms with Crippen LogP contribution in [0.5, 0.6) is 0 Å². The first-order valence-electron chi connectivity index (χ1n) is 8.24. The van der Waals surface area contributed by atoms with Crippen molar-refractivity contribution in [1.82, 2.24) is 14.7 Å². The molecule has 0 aliphatic rings. The summed E-state index contributed by atoms with van der Waals surface area (Å²) in [4.78, 5) is 2.24. The molecule has 3 aromatic rings. The highest BCUT2D eigenvalue weighted by Gasteiger charge is 2.17. The Morgan fingerprint density at radius 1 is 1.00 bits per heavy atom. The van der Waals surface area contributed by atoms with Crippen molar-refractivity contribution in [3.05, 3.63) is 84.2 Å². The van der Waals surface area contributed by atoms with Crippen LogP contribution in [0.25, 0.3) is 5.69 Å². The van der Waals surface area contributed by atoms with Crippen molar-refractivity contribution < 1.29 is 5.11 Å². The summed E-state index contributed by atoms with van der Waals surface area (Å²) in [6.45, 7) is 0.905. The first kappa shape index (κ1) is 16.4. The van der Waals surface area contributed by atoms with Crippen LogP contribution in [0.15, 0.2) is 72.9 Å². The SMILES string of the molecule is CN(Cc1ccn(-c2ccccc2)n1)C(CCO)c1ccccc1. The quantitative estimate of drug-likeness (QED) is 0.725. The maximum Gasteiger partial charge on any atom is 0.0769 e. The van der Waals surface area contributed by atoms with Gasteiger partial charge >= 0.3 is 0 Å². The smallest absolute Gasteiger partial charge is 0.0769 e. The maximum atomic E-state index is 9.42.